The van der Waals surface area contributed by atoms with Crippen molar-refractivity contribution in [1.82, 2.24) is 0 Å². The first-order valence-electron chi connectivity index (χ1n) is 5.60. The highest BCUT2D eigenvalue weighted by molar-refractivity contribution is 5.74. The number of esters is 1. The van der Waals surface area contributed by atoms with E-state index in [1.54, 1.807) is 6.92 Å². The number of hydrogen-bond donors (Lipinski definition) is 1. The first kappa shape index (κ1) is 12.2. The molecular formula is C12H20O3. The molecule has 3 nitrogen and oxygen atoms in total. The topological polar surface area (TPSA) is 46.5 Å². The van der Waals surface area contributed by atoms with Crippen LogP contribution in [0.5, 0.6) is 0 Å². The molecule has 2 atom stereocenters. The molecule has 0 radical (unpaired) electrons. The van der Waals surface area contributed by atoms with E-state index in [9.17, 15) is 9.90 Å². The molecule has 2 unspecified atom stereocenters. The zero-order valence-corrected chi connectivity index (χ0v) is 9.75. The highest BCUT2D eigenvalue weighted by Gasteiger charge is 2.41. The molecule has 3 heteroatoms. The minimum atomic E-state index is -0.981. The van der Waals surface area contributed by atoms with Crippen molar-refractivity contribution in [2.45, 2.75) is 45.6 Å². The van der Waals surface area contributed by atoms with Crippen molar-refractivity contribution in [1.29, 1.82) is 0 Å². The summed E-state index contributed by atoms with van der Waals surface area (Å²) in [5.74, 6) is -0.705. The number of rotatable bonds is 4. The number of aliphatic hydroxyl groups is 1. The van der Waals surface area contributed by atoms with Crippen LogP contribution in [0.1, 0.15) is 40.0 Å². The second-order valence-electron chi connectivity index (χ2n) is 4.19. The maximum atomic E-state index is 11.7. The van der Waals surface area contributed by atoms with Crippen molar-refractivity contribution in [3.63, 3.8) is 0 Å². The molecule has 1 rings (SSSR count). The molecule has 0 aromatic rings. The second-order valence-corrected chi connectivity index (χ2v) is 4.19. The van der Waals surface area contributed by atoms with Gasteiger partial charge in [-0.15, -0.1) is 0 Å². The van der Waals surface area contributed by atoms with Gasteiger partial charge >= 0.3 is 5.97 Å². The van der Waals surface area contributed by atoms with Crippen LogP contribution >= 0.6 is 0 Å². The van der Waals surface area contributed by atoms with Crippen LogP contribution in [-0.2, 0) is 9.53 Å². The molecule has 1 N–H and O–H groups in total. The lowest BCUT2D eigenvalue weighted by molar-refractivity contribution is -0.155. The Kier molecular flexibility index (Phi) is 3.91. The summed E-state index contributed by atoms with van der Waals surface area (Å²) in [5, 5.41) is 10.3. The van der Waals surface area contributed by atoms with E-state index in [-0.39, 0.29) is 5.97 Å². The van der Waals surface area contributed by atoms with Crippen LogP contribution in [0.3, 0.4) is 0 Å². The van der Waals surface area contributed by atoms with E-state index in [2.05, 4.69) is 0 Å². The molecule has 15 heavy (non-hydrogen) atoms. The van der Waals surface area contributed by atoms with Gasteiger partial charge in [0.05, 0.1) is 18.1 Å². The monoisotopic (exact) mass is 212 g/mol. The summed E-state index contributed by atoms with van der Waals surface area (Å²) in [4.78, 5) is 11.7. The molecule has 1 aliphatic rings. The highest BCUT2D eigenvalue weighted by atomic mass is 16.5. The van der Waals surface area contributed by atoms with Gasteiger partial charge in [0.15, 0.2) is 0 Å². The van der Waals surface area contributed by atoms with Crippen molar-refractivity contribution in [3.8, 4) is 0 Å². The van der Waals surface area contributed by atoms with Crippen molar-refractivity contribution in [2.75, 3.05) is 6.61 Å². The number of hydrogen-bond acceptors (Lipinski definition) is 3. The van der Waals surface area contributed by atoms with Gasteiger partial charge in [0.2, 0.25) is 0 Å². The lowest BCUT2D eigenvalue weighted by Crippen LogP contribution is -2.39. The molecular weight excluding hydrogens is 192 g/mol. The van der Waals surface area contributed by atoms with E-state index in [0.717, 1.165) is 12.0 Å². The third-order valence-corrected chi connectivity index (χ3v) is 3.00. The maximum absolute atomic E-state index is 11.7. The largest absolute Gasteiger partial charge is 0.466 e. The van der Waals surface area contributed by atoms with E-state index in [1.807, 2.05) is 19.9 Å². The minimum Gasteiger partial charge on any atom is -0.466 e. The second kappa shape index (κ2) is 4.79. The molecule has 0 aromatic heterocycles. The summed E-state index contributed by atoms with van der Waals surface area (Å²) in [5.41, 5.74) is 0.172. The molecule has 0 heterocycles. The van der Waals surface area contributed by atoms with Crippen LogP contribution in [-0.4, -0.2) is 23.3 Å². The zero-order chi connectivity index (χ0) is 11.5. The van der Waals surface area contributed by atoms with E-state index < -0.39 is 11.5 Å². The molecule has 0 aromatic carbocycles. The molecule has 0 fully saturated rings. The Morgan fingerprint density at radius 3 is 2.73 bits per heavy atom. The quantitative estimate of drug-likeness (QED) is 0.573. The standard InChI is InChI=1S/C12H20O3/c1-4-10(11(13)15-5-2)12(14)7-6-9(3)8-12/h8,10,14H,4-7H2,1-3H3. The normalized spacial score (nSPS) is 27.3. The number of carbonyl (C=O) groups is 1. The van der Waals surface area contributed by atoms with Gasteiger partial charge in [-0.2, -0.15) is 0 Å². The smallest absolute Gasteiger partial charge is 0.312 e. The predicted molar refractivity (Wildman–Crippen MR) is 58.4 cm³/mol. The van der Waals surface area contributed by atoms with Crippen LogP contribution in [0.15, 0.2) is 11.6 Å². The van der Waals surface area contributed by atoms with Gasteiger partial charge in [0.25, 0.3) is 0 Å². The summed E-state index contributed by atoms with van der Waals surface area (Å²) in [7, 11) is 0. The Bertz CT molecular complexity index is 270. The Labute approximate surface area is 91.1 Å². The van der Waals surface area contributed by atoms with Gasteiger partial charge in [-0.05, 0) is 33.1 Å². The fraction of sp³-hybridized carbons (Fsp3) is 0.750. The summed E-state index contributed by atoms with van der Waals surface area (Å²) >= 11 is 0. The van der Waals surface area contributed by atoms with E-state index in [1.165, 1.54) is 0 Å². The van der Waals surface area contributed by atoms with Crippen LogP contribution in [0, 0.1) is 5.92 Å². The molecule has 0 bridgehead atoms. The summed E-state index contributed by atoms with van der Waals surface area (Å²) in [6.07, 6.45) is 3.93. The fourth-order valence-electron chi connectivity index (χ4n) is 2.21. The van der Waals surface area contributed by atoms with Gasteiger partial charge in [0.1, 0.15) is 0 Å². The summed E-state index contributed by atoms with van der Waals surface area (Å²) in [6, 6.07) is 0. The highest BCUT2D eigenvalue weighted by Crippen LogP contribution is 2.36. The van der Waals surface area contributed by atoms with Crippen molar-refractivity contribution < 1.29 is 14.6 Å². The Balaban J connectivity index is 2.78. The molecule has 0 saturated carbocycles. The zero-order valence-electron chi connectivity index (χ0n) is 9.75. The third-order valence-electron chi connectivity index (χ3n) is 3.00. The van der Waals surface area contributed by atoms with Crippen LogP contribution in [0.25, 0.3) is 0 Å². The van der Waals surface area contributed by atoms with Gasteiger partial charge < -0.3 is 9.84 Å². The number of allylic oxidation sites excluding steroid dienone is 1. The van der Waals surface area contributed by atoms with Gasteiger partial charge in [-0.3, -0.25) is 4.79 Å². The predicted octanol–water partition coefficient (Wildman–Crippen LogP) is 2.05. The number of ether oxygens (including phenoxy) is 1. The van der Waals surface area contributed by atoms with E-state index in [0.29, 0.717) is 19.4 Å². The molecule has 0 aliphatic heterocycles. The molecule has 0 saturated heterocycles. The van der Waals surface area contributed by atoms with Crippen LogP contribution < -0.4 is 0 Å². The Hall–Kier alpha value is -0.830. The molecule has 86 valence electrons. The summed E-state index contributed by atoms with van der Waals surface area (Å²) < 4.78 is 4.98. The average molecular weight is 212 g/mol. The van der Waals surface area contributed by atoms with Crippen molar-refractivity contribution >= 4 is 5.97 Å². The molecule has 0 spiro atoms. The fourth-order valence-corrected chi connectivity index (χ4v) is 2.21. The lowest BCUT2D eigenvalue weighted by Gasteiger charge is -2.28. The maximum Gasteiger partial charge on any atom is 0.312 e. The molecule has 1 aliphatic carbocycles. The van der Waals surface area contributed by atoms with Gasteiger partial charge in [-0.1, -0.05) is 18.6 Å². The minimum absolute atomic E-state index is 0.284. The first-order valence-corrected chi connectivity index (χ1v) is 5.60. The van der Waals surface area contributed by atoms with Gasteiger partial charge in [0, 0.05) is 0 Å². The Morgan fingerprint density at radius 1 is 1.67 bits per heavy atom. The van der Waals surface area contributed by atoms with Gasteiger partial charge in [-0.25, -0.2) is 0 Å². The van der Waals surface area contributed by atoms with Crippen LogP contribution in [0.2, 0.25) is 0 Å². The lowest BCUT2D eigenvalue weighted by atomic mass is 9.85. The van der Waals surface area contributed by atoms with Crippen LogP contribution in [0.4, 0.5) is 0 Å². The molecule has 0 amide bonds. The number of carbonyl (C=O) groups excluding carboxylic acids is 1. The average Bonchev–Trinajstić information content (AvgIpc) is 2.48. The van der Waals surface area contributed by atoms with E-state index in [4.69, 9.17) is 4.74 Å². The first-order chi connectivity index (χ1) is 7.03. The van der Waals surface area contributed by atoms with Crippen molar-refractivity contribution in [2.24, 2.45) is 5.92 Å². The summed E-state index contributed by atoms with van der Waals surface area (Å²) in [6.45, 7) is 6.04. The van der Waals surface area contributed by atoms with Crippen molar-refractivity contribution in [3.05, 3.63) is 11.6 Å². The Morgan fingerprint density at radius 2 is 2.33 bits per heavy atom. The third kappa shape index (κ3) is 2.59. The van der Waals surface area contributed by atoms with E-state index >= 15 is 0 Å². The SMILES string of the molecule is CCOC(=O)C(CC)C1(O)C=C(C)CC1.